The van der Waals surface area contributed by atoms with Crippen molar-refractivity contribution in [3.05, 3.63) is 28.2 Å². The van der Waals surface area contributed by atoms with E-state index in [1.165, 1.54) is 6.42 Å². The lowest BCUT2D eigenvalue weighted by Gasteiger charge is -2.40. The zero-order valence-corrected chi connectivity index (χ0v) is 14.6. The molecule has 0 radical (unpaired) electrons. The predicted octanol–water partition coefficient (Wildman–Crippen LogP) is 2.47. The number of nitrogens with one attached hydrogen (secondary N) is 1. The minimum Gasteiger partial charge on any atom is -0.326 e. The van der Waals surface area contributed by atoms with E-state index in [1.54, 1.807) is 23.9 Å². The third-order valence-corrected chi connectivity index (χ3v) is 7.62. The van der Waals surface area contributed by atoms with Crippen molar-refractivity contribution in [2.75, 3.05) is 12.8 Å². The first-order valence-electron chi connectivity index (χ1n) is 6.46. The molecule has 2 rings (SSSR count). The average Bonchev–Trinajstić information content (AvgIpc) is 2.38. The molecule has 0 heterocycles. The maximum atomic E-state index is 12.4. The molecule has 1 fully saturated rings. The lowest BCUT2D eigenvalue weighted by Crippen LogP contribution is -2.45. The maximum Gasteiger partial charge on any atom is 0.241 e. The van der Waals surface area contributed by atoms with Crippen LogP contribution in [-0.4, -0.2) is 26.0 Å². The van der Waals surface area contributed by atoms with Crippen LogP contribution in [0.3, 0.4) is 0 Å². The van der Waals surface area contributed by atoms with Gasteiger partial charge in [0, 0.05) is 22.3 Å². The number of hydrogen-bond acceptors (Lipinski definition) is 4. The summed E-state index contributed by atoms with van der Waals surface area (Å²) < 4.78 is 28.2. The lowest BCUT2D eigenvalue weighted by molar-refractivity contribution is 0.362. The van der Waals surface area contributed by atoms with Gasteiger partial charge in [-0.3, -0.25) is 0 Å². The highest BCUT2D eigenvalue weighted by atomic mass is 79.9. The van der Waals surface area contributed by atoms with E-state index in [0.717, 1.165) is 18.4 Å². The van der Waals surface area contributed by atoms with E-state index >= 15 is 0 Å². The highest BCUT2D eigenvalue weighted by Gasteiger charge is 2.37. The molecule has 0 unspecified atom stereocenters. The van der Waals surface area contributed by atoms with Crippen LogP contribution in [0.15, 0.2) is 27.6 Å². The number of rotatable bonds is 6. The molecule has 1 saturated carbocycles. The summed E-state index contributed by atoms with van der Waals surface area (Å²) >= 11 is 5.05. The fourth-order valence-corrected chi connectivity index (χ4v) is 5.35. The van der Waals surface area contributed by atoms with Gasteiger partial charge in [0.15, 0.2) is 0 Å². The van der Waals surface area contributed by atoms with Crippen molar-refractivity contribution in [1.82, 2.24) is 4.72 Å². The van der Waals surface area contributed by atoms with Gasteiger partial charge in [-0.1, -0.05) is 12.5 Å². The smallest absolute Gasteiger partial charge is 0.241 e. The Hall–Kier alpha value is -0.0800. The molecular formula is C13H19BrN2O2S2. The molecule has 0 amide bonds. The molecule has 4 nitrogen and oxygen atoms in total. The van der Waals surface area contributed by atoms with Crippen molar-refractivity contribution >= 4 is 37.7 Å². The van der Waals surface area contributed by atoms with Gasteiger partial charge in [-0.2, -0.15) is 11.8 Å². The van der Waals surface area contributed by atoms with Crippen molar-refractivity contribution in [3.8, 4) is 0 Å². The van der Waals surface area contributed by atoms with Gasteiger partial charge in [0.05, 0.1) is 4.90 Å². The quantitative estimate of drug-likeness (QED) is 0.797. The summed E-state index contributed by atoms with van der Waals surface area (Å²) in [6, 6.07) is 5.17. The largest absolute Gasteiger partial charge is 0.326 e. The average molecular weight is 379 g/mol. The highest BCUT2D eigenvalue weighted by Crippen LogP contribution is 2.42. The summed E-state index contributed by atoms with van der Waals surface area (Å²) in [5, 5.41) is 0. The minimum absolute atomic E-state index is 0.0744. The molecule has 112 valence electrons. The molecule has 7 heteroatoms. The summed E-state index contributed by atoms with van der Waals surface area (Å²) in [4.78, 5) is 0.260. The molecule has 3 N–H and O–H groups in total. The first kappa shape index (κ1) is 16.3. The SMILES string of the molecule is CSC1(CNS(=O)(=O)c2cc(CN)ccc2Br)CCC1. The van der Waals surface area contributed by atoms with Gasteiger partial charge < -0.3 is 5.73 Å². The molecule has 0 atom stereocenters. The van der Waals surface area contributed by atoms with Crippen LogP contribution in [0.4, 0.5) is 0 Å². The second-order valence-electron chi connectivity index (χ2n) is 5.03. The predicted molar refractivity (Wildman–Crippen MR) is 87.3 cm³/mol. The van der Waals surface area contributed by atoms with Gasteiger partial charge in [0.1, 0.15) is 0 Å². The topological polar surface area (TPSA) is 72.2 Å². The molecule has 20 heavy (non-hydrogen) atoms. The second kappa shape index (κ2) is 6.36. The van der Waals surface area contributed by atoms with Gasteiger partial charge in [-0.15, -0.1) is 0 Å². The Morgan fingerprint density at radius 3 is 2.65 bits per heavy atom. The molecule has 1 aromatic carbocycles. The Bertz CT molecular complexity index is 581. The van der Waals surface area contributed by atoms with Crippen molar-refractivity contribution in [2.45, 2.75) is 35.4 Å². The highest BCUT2D eigenvalue weighted by molar-refractivity contribution is 9.10. The van der Waals surface area contributed by atoms with Crippen molar-refractivity contribution < 1.29 is 8.42 Å². The number of sulfonamides is 1. The molecule has 0 aliphatic heterocycles. The Kier molecular flexibility index (Phi) is 5.18. The van der Waals surface area contributed by atoms with Crippen LogP contribution in [0.5, 0.6) is 0 Å². The number of halogens is 1. The molecule has 0 aromatic heterocycles. The molecular weight excluding hydrogens is 360 g/mol. The van der Waals surface area contributed by atoms with Crippen molar-refractivity contribution in [3.63, 3.8) is 0 Å². The first-order chi connectivity index (χ1) is 9.42. The van der Waals surface area contributed by atoms with Crippen LogP contribution in [-0.2, 0) is 16.6 Å². The van der Waals surface area contributed by atoms with Crippen LogP contribution in [0.25, 0.3) is 0 Å². The fraction of sp³-hybridized carbons (Fsp3) is 0.538. The summed E-state index contributed by atoms with van der Waals surface area (Å²) in [6.07, 6.45) is 5.36. The molecule has 1 aliphatic carbocycles. The van der Waals surface area contributed by atoms with E-state index in [-0.39, 0.29) is 9.64 Å². The van der Waals surface area contributed by atoms with Gasteiger partial charge in [0.25, 0.3) is 0 Å². The summed E-state index contributed by atoms with van der Waals surface area (Å²) in [5.74, 6) is 0. The van der Waals surface area contributed by atoms with E-state index in [1.807, 2.05) is 12.3 Å². The third-order valence-electron chi connectivity index (χ3n) is 3.80. The van der Waals surface area contributed by atoms with E-state index in [0.29, 0.717) is 17.6 Å². The Morgan fingerprint density at radius 2 is 2.15 bits per heavy atom. The lowest BCUT2D eigenvalue weighted by atomic mass is 9.84. The van der Waals surface area contributed by atoms with Crippen LogP contribution in [0.2, 0.25) is 0 Å². The third kappa shape index (κ3) is 3.39. The van der Waals surface area contributed by atoms with E-state index < -0.39 is 10.0 Å². The van der Waals surface area contributed by atoms with Crippen LogP contribution < -0.4 is 10.5 Å². The van der Waals surface area contributed by atoms with E-state index in [2.05, 4.69) is 20.7 Å². The van der Waals surface area contributed by atoms with E-state index in [4.69, 9.17) is 5.73 Å². The summed E-state index contributed by atoms with van der Waals surface area (Å²) in [6.45, 7) is 0.806. The summed E-state index contributed by atoms with van der Waals surface area (Å²) in [7, 11) is -3.51. The maximum absolute atomic E-state index is 12.4. The van der Waals surface area contributed by atoms with E-state index in [9.17, 15) is 8.42 Å². The van der Waals surface area contributed by atoms with Gasteiger partial charge in [-0.25, -0.2) is 13.1 Å². The monoisotopic (exact) mass is 378 g/mol. The second-order valence-corrected chi connectivity index (χ2v) is 8.90. The van der Waals surface area contributed by atoms with Gasteiger partial charge in [-0.05, 0) is 52.7 Å². The van der Waals surface area contributed by atoms with Gasteiger partial charge >= 0.3 is 0 Å². The standard InChI is InChI=1S/C13H19BrN2O2S2/c1-19-13(5-2-6-13)9-16-20(17,18)12-7-10(8-15)3-4-11(12)14/h3-4,7,16H,2,5-6,8-9,15H2,1H3. The van der Waals surface area contributed by atoms with Crippen LogP contribution in [0, 0.1) is 0 Å². The number of hydrogen-bond donors (Lipinski definition) is 2. The van der Waals surface area contributed by atoms with Crippen LogP contribution in [0.1, 0.15) is 24.8 Å². The Morgan fingerprint density at radius 1 is 1.45 bits per heavy atom. The fourth-order valence-electron chi connectivity index (χ4n) is 2.21. The number of benzene rings is 1. The molecule has 0 saturated heterocycles. The van der Waals surface area contributed by atoms with Crippen molar-refractivity contribution in [2.24, 2.45) is 5.73 Å². The zero-order chi connectivity index (χ0) is 14.8. The zero-order valence-electron chi connectivity index (χ0n) is 11.4. The normalized spacial score (nSPS) is 17.8. The summed E-state index contributed by atoms with van der Waals surface area (Å²) in [5.41, 5.74) is 6.38. The van der Waals surface area contributed by atoms with Crippen LogP contribution >= 0.6 is 27.7 Å². The number of nitrogens with two attached hydrogens (primary N) is 1. The van der Waals surface area contributed by atoms with Gasteiger partial charge in [0.2, 0.25) is 10.0 Å². The molecule has 0 spiro atoms. The van der Waals surface area contributed by atoms with Crippen molar-refractivity contribution in [1.29, 1.82) is 0 Å². The Labute approximate surface area is 133 Å². The molecule has 1 aromatic rings. The first-order valence-corrected chi connectivity index (χ1v) is 9.96. The molecule has 1 aliphatic rings. The Balaban J connectivity index is 2.18. The minimum atomic E-state index is -3.51. The molecule has 0 bridgehead atoms. The number of thioether (sulfide) groups is 1.